The standard InChI is InChI=1S/C13H18Br2N2OS/c14-9-7-10(19-12(9)15)11(13(16)18)17-8-5-3-1-2-4-6-8/h7-8,11,17H,1-6H2,(H2,16,18). The highest BCUT2D eigenvalue weighted by atomic mass is 79.9. The van der Waals surface area contributed by atoms with Crippen molar-refractivity contribution in [1.82, 2.24) is 5.32 Å². The van der Waals surface area contributed by atoms with Gasteiger partial charge in [-0.3, -0.25) is 10.1 Å². The van der Waals surface area contributed by atoms with E-state index in [1.54, 1.807) is 11.3 Å². The molecule has 1 aliphatic carbocycles. The zero-order valence-corrected chi connectivity index (χ0v) is 14.6. The number of rotatable bonds is 4. The number of primary amides is 1. The molecule has 1 aromatic heterocycles. The average Bonchev–Trinajstić information content (AvgIpc) is 2.58. The van der Waals surface area contributed by atoms with Gasteiger partial charge < -0.3 is 5.73 Å². The predicted octanol–water partition coefficient (Wildman–Crippen LogP) is 4.11. The first-order valence-electron chi connectivity index (χ1n) is 6.58. The van der Waals surface area contributed by atoms with Crippen LogP contribution < -0.4 is 11.1 Å². The average molecular weight is 410 g/mol. The van der Waals surface area contributed by atoms with E-state index >= 15 is 0 Å². The third kappa shape index (κ3) is 4.28. The monoisotopic (exact) mass is 408 g/mol. The summed E-state index contributed by atoms with van der Waals surface area (Å²) in [5, 5.41) is 3.45. The molecule has 6 heteroatoms. The van der Waals surface area contributed by atoms with Crippen LogP contribution in [0.15, 0.2) is 14.3 Å². The van der Waals surface area contributed by atoms with Crippen molar-refractivity contribution in [2.24, 2.45) is 5.73 Å². The van der Waals surface area contributed by atoms with E-state index in [0.29, 0.717) is 6.04 Å². The highest BCUT2D eigenvalue weighted by Gasteiger charge is 2.24. The molecule has 1 aromatic rings. The van der Waals surface area contributed by atoms with E-state index in [0.717, 1.165) is 26.0 Å². The molecule has 0 aromatic carbocycles. The van der Waals surface area contributed by atoms with Gasteiger partial charge in [0.15, 0.2) is 0 Å². The summed E-state index contributed by atoms with van der Waals surface area (Å²) in [7, 11) is 0. The van der Waals surface area contributed by atoms with E-state index in [2.05, 4.69) is 37.2 Å². The molecular formula is C13H18Br2N2OS. The minimum Gasteiger partial charge on any atom is -0.368 e. The molecule has 0 aliphatic heterocycles. The Bertz CT molecular complexity index is 422. The number of amides is 1. The van der Waals surface area contributed by atoms with Crippen LogP contribution in [0.1, 0.15) is 49.4 Å². The van der Waals surface area contributed by atoms with Crippen molar-refractivity contribution in [2.45, 2.75) is 50.6 Å². The molecule has 0 bridgehead atoms. The zero-order valence-electron chi connectivity index (χ0n) is 10.6. The number of hydrogen-bond donors (Lipinski definition) is 2. The zero-order chi connectivity index (χ0) is 13.8. The minimum atomic E-state index is -0.379. The molecule has 3 N–H and O–H groups in total. The van der Waals surface area contributed by atoms with Gasteiger partial charge in [0.25, 0.3) is 0 Å². The van der Waals surface area contributed by atoms with Crippen molar-refractivity contribution in [1.29, 1.82) is 0 Å². The lowest BCUT2D eigenvalue weighted by Gasteiger charge is -2.22. The summed E-state index contributed by atoms with van der Waals surface area (Å²) in [5.74, 6) is -0.300. The molecule has 1 heterocycles. The minimum absolute atomic E-state index is 0.300. The molecule has 0 spiro atoms. The maximum atomic E-state index is 11.7. The van der Waals surface area contributed by atoms with Gasteiger partial charge in [0.05, 0.1) is 3.79 Å². The van der Waals surface area contributed by atoms with Crippen molar-refractivity contribution >= 4 is 49.1 Å². The lowest BCUT2D eigenvalue weighted by atomic mass is 10.1. The van der Waals surface area contributed by atoms with Crippen LogP contribution in [0.4, 0.5) is 0 Å². The Morgan fingerprint density at radius 2 is 1.95 bits per heavy atom. The fourth-order valence-electron chi connectivity index (χ4n) is 2.49. The number of carbonyl (C=O) groups excluding carboxylic acids is 1. The Morgan fingerprint density at radius 3 is 2.42 bits per heavy atom. The van der Waals surface area contributed by atoms with Crippen molar-refractivity contribution < 1.29 is 4.79 Å². The van der Waals surface area contributed by atoms with Crippen molar-refractivity contribution in [3.63, 3.8) is 0 Å². The Labute approximate surface area is 134 Å². The molecule has 3 nitrogen and oxygen atoms in total. The van der Waals surface area contributed by atoms with Crippen LogP contribution in [0.25, 0.3) is 0 Å². The summed E-state index contributed by atoms with van der Waals surface area (Å²) in [5.41, 5.74) is 5.56. The highest BCUT2D eigenvalue weighted by molar-refractivity contribution is 9.13. The SMILES string of the molecule is NC(=O)C(NC1CCCCCC1)c1cc(Br)c(Br)s1. The van der Waals surface area contributed by atoms with E-state index in [4.69, 9.17) is 5.73 Å². The van der Waals surface area contributed by atoms with Gasteiger partial charge >= 0.3 is 0 Å². The van der Waals surface area contributed by atoms with Crippen LogP contribution in [0.5, 0.6) is 0 Å². The molecule has 1 saturated carbocycles. The third-order valence-corrected chi connectivity index (χ3v) is 6.81. The first-order chi connectivity index (χ1) is 9.08. The van der Waals surface area contributed by atoms with E-state index in [-0.39, 0.29) is 11.9 Å². The summed E-state index contributed by atoms with van der Waals surface area (Å²) < 4.78 is 1.97. The Hall–Kier alpha value is 0.0900. The van der Waals surface area contributed by atoms with E-state index in [1.807, 2.05) is 6.07 Å². The van der Waals surface area contributed by atoms with E-state index < -0.39 is 0 Å². The van der Waals surface area contributed by atoms with Gasteiger partial charge in [0.1, 0.15) is 6.04 Å². The smallest absolute Gasteiger partial charge is 0.240 e. The fourth-order valence-corrected chi connectivity index (χ4v) is 4.65. The van der Waals surface area contributed by atoms with Crippen molar-refractivity contribution in [3.8, 4) is 0 Å². The summed E-state index contributed by atoms with van der Waals surface area (Å²) >= 11 is 8.47. The summed E-state index contributed by atoms with van der Waals surface area (Å²) in [6, 6.07) is 1.99. The molecule has 106 valence electrons. The van der Waals surface area contributed by atoms with Gasteiger partial charge in [-0.25, -0.2) is 0 Å². The second-order valence-corrected chi connectivity index (χ2v) is 8.22. The van der Waals surface area contributed by atoms with Crippen LogP contribution in [-0.4, -0.2) is 11.9 Å². The number of nitrogens with one attached hydrogen (secondary N) is 1. The Balaban J connectivity index is 2.09. The summed E-state index contributed by atoms with van der Waals surface area (Å²) in [6.45, 7) is 0. The molecule has 1 unspecified atom stereocenters. The van der Waals surface area contributed by atoms with Crippen LogP contribution in [0, 0.1) is 0 Å². The molecule has 19 heavy (non-hydrogen) atoms. The van der Waals surface area contributed by atoms with E-state index in [1.165, 1.54) is 25.7 Å². The summed E-state index contributed by atoms with van der Waals surface area (Å²) in [6.07, 6.45) is 7.35. The predicted molar refractivity (Wildman–Crippen MR) is 86.3 cm³/mol. The maximum Gasteiger partial charge on any atom is 0.240 e. The fraction of sp³-hybridized carbons (Fsp3) is 0.615. The molecule has 2 rings (SSSR count). The van der Waals surface area contributed by atoms with Gasteiger partial charge in [0, 0.05) is 15.4 Å². The van der Waals surface area contributed by atoms with Gasteiger partial charge in [-0.1, -0.05) is 25.7 Å². The lowest BCUT2D eigenvalue weighted by molar-refractivity contribution is -0.120. The van der Waals surface area contributed by atoms with Gasteiger partial charge in [-0.2, -0.15) is 0 Å². The van der Waals surface area contributed by atoms with Crippen molar-refractivity contribution in [2.75, 3.05) is 0 Å². The third-order valence-electron chi connectivity index (χ3n) is 3.49. The van der Waals surface area contributed by atoms with Gasteiger partial charge in [-0.05, 0) is 50.8 Å². The first kappa shape index (κ1) is 15.5. The molecule has 0 saturated heterocycles. The van der Waals surface area contributed by atoms with Crippen LogP contribution in [-0.2, 0) is 4.79 Å². The maximum absolute atomic E-state index is 11.7. The van der Waals surface area contributed by atoms with Crippen LogP contribution in [0.3, 0.4) is 0 Å². The first-order valence-corrected chi connectivity index (χ1v) is 8.98. The van der Waals surface area contributed by atoms with E-state index in [9.17, 15) is 4.79 Å². The molecular weight excluding hydrogens is 392 g/mol. The summed E-state index contributed by atoms with van der Waals surface area (Å²) in [4.78, 5) is 12.7. The number of nitrogens with two attached hydrogens (primary N) is 1. The Morgan fingerprint density at radius 1 is 1.32 bits per heavy atom. The molecule has 1 fully saturated rings. The number of halogens is 2. The van der Waals surface area contributed by atoms with Gasteiger partial charge in [-0.15, -0.1) is 11.3 Å². The van der Waals surface area contributed by atoms with Crippen LogP contribution >= 0.6 is 43.2 Å². The normalized spacial score (nSPS) is 19.1. The Kier molecular flexibility index (Phi) is 5.87. The largest absolute Gasteiger partial charge is 0.368 e. The second kappa shape index (κ2) is 7.20. The van der Waals surface area contributed by atoms with Crippen molar-refractivity contribution in [3.05, 3.63) is 19.2 Å². The highest BCUT2D eigenvalue weighted by Crippen LogP contribution is 2.36. The number of hydrogen-bond acceptors (Lipinski definition) is 3. The quantitative estimate of drug-likeness (QED) is 0.735. The second-order valence-electron chi connectivity index (χ2n) is 4.96. The topological polar surface area (TPSA) is 55.1 Å². The molecule has 1 amide bonds. The number of carbonyl (C=O) groups is 1. The number of thiophene rings is 1. The lowest BCUT2D eigenvalue weighted by Crippen LogP contribution is -2.39. The van der Waals surface area contributed by atoms with Gasteiger partial charge in [0.2, 0.25) is 5.91 Å². The molecule has 1 atom stereocenters. The molecule has 0 radical (unpaired) electrons. The molecule has 1 aliphatic rings. The van der Waals surface area contributed by atoms with Crippen LogP contribution in [0.2, 0.25) is 0 Å².